The zero-order valence-corrected chi connectivity index (χ0v) is 11.7. The molecule has 2 N–H and O–H groups in total. The maximum atomic E-state index is 6.12. The largest absolute Gasteiger partial charge is 0.383 e. The first-order valence-corrected chi connectivity index (χ1v) is 7.23. The van der Waals surface area contributed by atoms with Crippen molar-refractivity contribution in [2.45, 2.75) is 57.4 Å². The zero-order chi connectivity index (χ0) is 12.6. The standard InChI is InChI=1S/C14H30N2O/c1-3-16(11-12-17-2)14(13-15)9-7-5-4-6-8-10-14/h3-13,15H2,1-2H3. The number of methoxy groups -OCH3 is 1. The van der Waals surface area contributed by atoms with E-state index in [0.29, 0.717) is 0 Å². The summed E-state index contributed by atoms with van der Waals surface area (Å²) in [7, 11) is 1.78. The smallest absolute Gasteiger partial charge is 0.0589 e. The van der Waals surface area contributed by atoms with Crippen molar-refractivity contribution in [2.24, 2.45) is 5.73 Å². The Morgan fingerprint density at radius 2 is 1.71 bits per heavy atom. The molecule has 3 heteroatoms. The van der Waals surface area contributed by atoms with Gasteiger partial charge < -0.3 is 10.5 Å². The van der Waals surface area contributed by atoms with E-state index in [1.54, 1.807) is 7.11 Å². The van der Waals surface area contributed by atoms with Gasteiger partial charge >= 0.3 is 0 Å². The highest BCUT2D eigenvalue weighted by molar-refractivity contribution is 4.92. The van der Waals surface area contributed by atoms with Crippen molar-refractivity contribution in [1.29, 1.82) is 0 Å². The van der Waals surface area contributed by atoms with Gasteiger partial charge in [-0.25, -0.2) is 0 Å². The van der Waals surface area contributed by atoms with E-state index >= 15 is 0 Å². The summed E-state index contributed by atoms with van der Waals surface area (Å²) < 4.78 is 5.23. The molecule has 1 rings (SSSR count). The Balaban J connectivity index is 2.66. The average molecular weight is 242 g/mol. The molecule has 0 saturated heterocycles. The predicted octanol–water partition coefficient (Wildman–Crippen LogP) is 2.40. The fourth-order valence-electron chi connectivity index (χ4n) is 3.15. The second-order valence-electron chi connectivity index (χ2n) is 5.27. The van der Waals surface area contributed by atoms with E-state index in [0.717, 1.165) is 26.2 Å². The number of ether oxygens (including phenoxy) is 1. The van der Waals surface area contributed by atoms with Gasteiger partial charge in [-0.2, -0.15) is 0 Å². The van der Waals surface area contributed by atoms with Gasteiger partial charge in [0, 0.05) is 25.7 Å². The van der Waals surface area contributed by atoms with E-state index in [2.05, 4.69) is 11.8 Å². The summed E-state index contributed by atoms with van der Waals surface area (Å²) in [6, 6.07) is 0. The van der Waals surface area contributed by atoms with Crippen LogP contribution in [-0.4, -0.2) is 43.8 Å². The maximum absolute atomic E-state index is 6.12. The molecule has 0 aliphatic heterocycles. The third-order valence-electron chi connectivity index (χ3n) is 4.28. The van der Waals surface area contributed by atoms with Crippen molar-refractivity contribution in [1.82, 2.24) is 4.90 Å². The van der Waals surface area contributed by atoms with Crippen LogP contribution in [0.5, 0.6) is 0 Å². The lowest BCUT2D eigenvalue weighted by molar-refractivity contribution is 0.0451. The molecule has 0 aromatic carbocycles. The van der Waals surface area contributed by atoms with Gasteiger partial charge in [-0.3, -0.25) is 4.90 Å². The highest BCUT2D eigenvalue weighted by Crippen LogP contribution is 2.30. The molecule has 1 aliphatic rings. The summed E-state index contributed by atoms with van der Waals surface area (Å²) in [6.07, 6.45) is 9.36. The van der Waals surface area contributed by atoms with Gasteiger partial charge in [0.15, 0.2) is 0 Å². The summed E-state index contributed by atoms with van der Waals surface area (Å²) in [6.45, 7) is 5.96. The average Bonchev–Trinajstić information content (AvgIpc) is 2.32. The zero-order valence-electron chi connectivity index (χ0n) is 11.7. The molecule has 0 aromatic rings. The lowest BCUT2D eigenvalue weighted by Crippen LogP contribution is -2.55. The van der Waals surface area contributed by atoms with Crippen LogP contribution in [0.3, 0.4) is 0 Å². The number of hydrogen-bond donors (Lipinski definition) is 1. The molecule has 0 radical (unpaired) electrons. The predicted molar refractivity (Wildman–Crippen MR) is 73.2 cm³/mol. The van der Waals surface area contributed by atoms with E-state index in [9.17, 15) is 0 Å². The first kappa shape index (κ1) is 14.9. The molecule has 0 atom stereocenters. The molecule has 3 nitrogen and oxygen atoms in total. The topological polar surface area (TPSA) is 38.5 Å². The second kappa shape index (κ2) is 8.06. The van der Waals surface area contributed by atoms with E-state index in [1.165, 1.54) is 44.9 Å². The molecule has 1 fully saturated rings. The van der Waals surface area contributed by atoms with Crippen LogP contribution in [0, 0.1) is 0 Å². The van der Waals surface area contributed by atoms with Crippen molar-refractivity contribution in [3.05, 3.63) is 0 Å². The van der Waals surface area contributed by atoms with Crippen LogP contribution >= 0.6 is 0 Å². The minimum atomic E-state index is 0.244. The summed E-state index contributed by atoms with van der Waals surface area (Å²) in [5.74, 6) is 0. The van der Waals surface area contributed by atoms with Gasteiger partial charge in [-0.1, -0.05) is 39.0 Å². The van der Waals surface area contributed by atoms with E-state index in [-0.39, 0.29) is 5.54 Å². The van der Waals surface area contributed by atoms with Gasteiger partial charge in [0.2, 0.25) is 0 Å². The summed E-state index contributed by atoms with van der Waals surface area (Å²) >= 11 is 0. The van der Waals surface area contributed by atoms with Crippen molar-refractivity contribution in [3.8, 4) is 0 Å². The van der Waals surface area contributed by atoms with Crippen LogP contribution in [0.2, 0.25) is 0 Å². The molecule has 102 valence electrons. The molecule has 0 heterocycles. The fraction of sp³-hybridized carbons (Fsp3) is 1.00. The monoisotopic (exact) mass is 242 g/mol. The fourth-order valence-corrected chi connectivity index (χ4v) is 3.15. The number of rotatable bonds is 6. The normalized spacial score (nSPS) is 21.2. The van der Waals surface area contributed by atoms with Crippen molar-refractivity contribution >= 4 is 0 Å². The van der Waals surface area contributed by atoms with Crippen LogP contribution in [0.1, 0.15) is 51.9 Å². The first-order valence-electron chi connectivity index (χ1n) is 7.23. The second-order valence-corrected chi connectivity index (χ2v) is 5.27. The van der Waals surface area contributed by atoms with E-state index in [1.807, 2.05) is 0 Å². The van der Waals surface area contributed by atoms with Crippen LogP contribution < -0.4 is 5.73 Å². The highest BCUT2D eigenvalue weighted by atomic mass is 16.5. The van der Waals surface area contributed by atoms with E-state index < -0.39 is 0 Å². The molecule has 0 spiro atoms. The molecular weight excluding hydrogens is 212 g/mol. The summed E-state index contributed by atoms with van der Waals surface area (Å²) in [5, 5.41) is 0. The van der Waals surface area contributed by atoms with Gasteiger partial charge in [-0.15, -0.1) is 0 Å². The minimum absolute atomic E-state index is 0.244. The number of nitrogens with two attached hydrogens (primary N) is 1. The van der Waals surface area contributed by atoms with Gasteiger partial charge in [0.1, 0.15) is 0 Å². The molecular formula is C14H30N2O. The molecule has 0 aromatic heterocycles. The number of hydrogen-bond acceptors (Lipinski definition) is 3. The van der Waals surface area contributed by atoms with Gasteiger partial charge in [-0.05, 0) is 19.4 Å². The third kappa shape index (κ3) is 4.23. The third-order valence-corrected chi connectivity index (χ3v) is 4.28. The van der Waals surface area contributed by atoms with Crippen LogP contribution in [0.25, 0.3) is 0 Å². The molecule has 0 unspecified atom stereocenters. The van der Waals surface area contributed by atoms with Crippen molar-refractivity contribution in [3.63, 3.8) is 0 Å². The molecule has 0 bridgehead atoms. The number of likely N-dealkylation sites (N-methyl/N-ethyl adjacent to an activating group) is 1. The maximum Gasteiger partial charge on any atom is 0.0589 e. The molecule has 1 saturated carbocycles. The van der Waals surface area contributed by atoms with Crippen molar-refractivity contribution in [2.75, 3.05) is 33.4 Å². The Morgan fingerprint density at radius 1 is 1.12 bits per heavy atom. The Hall–Kier alpha value is -0.120. The Morgan fingerprint density at radius 3 is 2.18 bits per heavy atom. The quantitative estimate of drug-likeness (QED) is 0.777. The summed E-state index contributed by atoms with van der Waals surface area (Å²) in [5.41, 5.74) is 6.37. The number of nitrogens with zero attached hydrogens (tertiary/aromatic N) is 1. The van der Waals surface area contributed by atoms with Crippen LogP contribution in [-0.2, 0) is 4.74 Å². The van der Waals surface area contributed by atoms with Gasteiger partial charge in [0.25, 0.3) is 0 Å². The first-order chi connectivity index (χ1) is 8.29. The molecule has 17 heavy (non-hydrogen) atoms. The summed E-state index contributed by atoms with van der Waals surface area (Å²) in [4.78, 5) is 2.56. The molecule has 0 amide bonds. The van der Waals surface area contributed by atoms with Crippen molar-refractivity contribution < 1.29 is 4.74 Å². The Bertz CT molecular complexity index is 189. The minimum Gasteiger partial charge on any atom is -0.383 e. The SMILES string of the molecule is CCN(CCOC)C1(CN)CCCCCCC1. The lowest BCUT2D eigenvalue weighted by Gasteiger charge is -2.44. The van der Waals surface area contributed by atoms with Crippen LogP contribution in [0.15, 0.2) is 0 Å². The lowest BCUT2D eigenvalue weighted by atomic mass is 9.82. The Labute approximate surface area is 107 Å². The molecule has 1 aliphatic carbocycles. The van der Waals surface area contributed by atoms with Crippen LogP contribution in [0.4, 0.5) is 0 Å². The highest BCUT2D eigenvalue weighted by Gasteiger charge is 2.33. The van der Waals surface area contributed by atoms with E-state index in [4.69, 9.17) is 10.5 Å². The van der Waals surface area contributed by atoms with Gasteiger partial charge in [0.05, 0.1) is 6.61 Å². The Kier molecular flexibility index (Phi) is 7.09.